The number of pyridine rings is 1. The predicted octanol–water partition coefficient (Wildman–Crippen LogP) is 4.66. The van der Waals surface area contributed by atoms with E-state index >= 15 is 0 Å². The second-order valence-corrected chi connectivity index (χ2v) is 7.66. The molecule has 1 aliphatic heterocycles. The lowest BCUT2D eigenvalue weighted by Gasteiger charge is -2.39. The minimum atomic E-state index is 0.0886. The minimum absolute atomic E-state index is 0.0886. The standard InChI is InChI=1S/C23H26N4O/c1-4-22-24-13-17(14-25-22)21-12-19(18-10-5-6-11-20(18)26-21)23(28)27-15(2)8-7-9-16(27)3/h5-6,10-16H,4,7-9H2,1-3H3/t15-,16+. The van der Waals surface area contributed by atoms with Gasteiger partial charge in [0.2, 0.25) is 0 Å². The van der Waals surface area contributed by atoms with E-state index in [1.807, 2.05) is 42.2 Å². The summed E-state index contributed by atoms with van der Waals surface area (Å²) in [5, 5.41) is 0.896. The van der Waals surface area contributed by atoms with Crippen LogP contribution in [0.3, 0.4) is 0 Å². The molecule has 1 aromatic carbocycles. The van der Waals surface area contributed by atoms with Crippen molar-refractivity contribution >= 4 is 16.8 Å². The van der Waals surface area contributed by atoms with Crippen molar-refractivity contribution in [2.45, 2.75) is 58.5 Å². The van der Waals surface area contributed by atoms with Gasteiger partial charge in [-0.15, -0.1) is 0 Å². The van der Waals surface area contributed by atoms with E-state index in [4.69, 9.17) is 4.98 Å². The lowest BCUT2D eigenvalue weighted by Crippen LogP contribution is -2.47. The molecule has 1 fully saturated rings. The lowest BCUT2D eigenvalue weighted by molar-refractivity contribution is 0.0513. The third-order valence-electron chi connectivity index (χ3n) is 5.69. The molecule has 28 heavy (non-hydrogen) atoms. The number of fused-ring (bicyclic) bond motifs is 1. The zero-order valence-electron chi connectivity index (χ0n) is 16.7. The van der Waals surface area contributed by atoms with Crippen LogP contribution < -0.4 is 0 Å². The van der Waals surface area contributed by atoms with E-state index in [0.717, 1.165) is 47.2 Å². The van der Waals surface area contributed by atoms with E-state index in [-0.39, 0.29) is 18.0 Å². The molecule has 0 N–H and O–H groups in total. The van der Waals surface area contributed by atoms with Gasteiger partial charge in [-0.05, 0) is 45.2 Å². The van der Waals surface area contributed by atoms with Crippen LogP contribution in [-0.4, -0.2) is 37.8 Å². The van der Waals surface area contributed by atoms with Gasteiger partial charge < -0.3 is 4.90 Å². The Morgan fingerprint density at radius 3 is 2.46 bits per heavy atom. The molecule has 1 amide bonds. The number of carbonyl (C=O) groups is 1. The second kappa shape index (κ2) is 7.66. The normalized spacial score (nSPS) is 19.8. The number of aromatic nitrogens is 3. The number of nitrogens with zero attached hydrogens (tertiary/aromatic N) is 4. The zero-order chi connectivity index (χ0) is 19.7. The number of aryl methyl sites for hydroxylation is 1. The third kappa shape index (κ3) is 3.37. The summed E-state index contributed by atoms with van der Waals surface area (Å²) in [6.45, 7) is 6.32. The van der Waals surface area contributed by atoms with Crippen molar-refractivity contribution in [1.29, 1.82) is 0 Å². The summed E-state index contributed by atoms with van der Waals surface area (Å²) >= 11 is 0. The Bertz CT molecular complexity index is 989. The Labute approximate surface area is 165 Å². The largest absolute Gasteiger partial charge is 0.333 e. The maximum absolute atomic E-state index is 13.6. The van der Waals surface area contributed by atoms with Gasteiger partial charge in [0.25, 0.3) is 5.91 Å². The fraction of sp³-hybridized carbons (Fsp3) is 0.391. The molecule has 0 bridgehead atoms. The van der Waals surface area contributed by atoms with Gasteiger partial charge in [0.1, 0.15) is 5.82 Å². The molecule has 5 heteroatoms. The number of para-hydroxylation sites is 1. The molecule has 0 radical (unpaired) electrons. The molecule has 1 aliphatic rings. The van der Waals surface area contributed by atoms with Crippen LogP contribution in [-0.2, 0) is 6.42 Å². The fourth-order valence-electron chi connectivity index (χ4n) is 4.13. The van der Waals surface area contributed by atoms with Crippen molar-refractivity contribution in [1.82, 2.24) is 19.9 Å². The number of benzene rings is 1. The SMILES string of the molecule is CCc1ncc(-c2cc(C(=O)N3[C@H](C)CCC[C@@H]3C)c3ccccc3n2)cn1. The number of hydrogen-bond acceptors (Lipinski definition) is 4. The average Bonchev–Trinajstić information content (AvgIpc) is 2.72. The highest BCUT2D eigenvalue weighted by Crippen LogP contribution is 2.29. The Hall–Kier alpha value is -2.82. The van der Waals surface area contributed by atoms with Crippen molar-refractivity contribution in [2.24, 2.45) is 0 Å². The van der Waals surface area contributed by atoms with E-state index in [0.29, 0.717) is 5.56 Å². The maximum atomic E-state index is 13.6. The molecule has 5 nitrogen and oxygen atoms in total. The summed E-state index contributed by atoms with van der Waals surface area (Å²) in [6, 6.07) is 10.3. The molecule has 2 atom stereocenters. The Balaban J connectivity index is 1.83. The zero-order valence-corrected chi connectivity index (χ0v) is 16.7. The Morgan fingerprint density at radius 1 is 1.11 bits per heavy atom. The van der Waals surface area contributed by atoms with Crippen LogP contribution in [0.15, 0.2) is 42.7 Å². The number of amides is 1. The van der Waals surface area contributed by atoms with Crippen molar-refractivity contribution in [2.75, 3.05) is 0 Å². The molecule has 3 heterocycles. The lowest BCUT2D eigenvalue weighted by atomic mass is 9.95. The average molecular weight is 374 g/mol. The first-order valence-corrected chi connectivity index (χ1v) is 10.1. The molecule has 2 aromatic heterocycles. The molecule has 0 aliphatic carbocycles. The first-order valence-electron chi connectivity index (χ1n) is 10.1. The monoisotopic (exact) mass is 374 g/mol. The van der Waals surface area contributed by atoms with Crippen LogP contribution in [0, 0.1) is 0 Å². The van der Waals surface area contributed by atoms with E-state index in [2.05, 4.69) is 23.8 Å². The summed E-state index contributed by atoms with van der Waals surface area (Å²) in [5.74, 6) is 0.891. The molecule has 1 saturated heterocycles. The second-order valence-electron chi connectivity index (χ2n) is 7.66. The minimum Gasteiger partial charge on any atom is -0.333 e. The molecule has 0 saturated carbocycles. The van der Waals surface area contributed by atoms with E-state index in [1.165, 1.54) is 6.42 Å². The van der Waals surface area contributed by atoms with Crippen molar-refractivity contribution < 1.29 is 4.79 Å². The first kappa shape index (κ1) is 18.5. The summed E-state index contributed by atoms with van der Waals surface area (Å²) in [7, 11) is 0. The molecule has 0 unspecified atom stereocenters. The van der Waals surface area contributed by atoms with Gasteiger partial charge in [-0.25, -0.2) is 15.0 Å². The number of carbonyl (C=O) groups excluding carboxylic acids is 1. The highest BCUT2D eigenvalue weighted by Gasteiger charge is 2.30. The maximum Gasteiger partial charge on any atom is 0.255 e. The molecule has 0 spiro atoms. The van der Waals surface area contributed by atoms with Crippen molar-refractivity contribution in [3.05, 3.63) is 54.1 Å². The van der Waals surface area contributed by atoms with Crippen molar-refractivity contribution in [3.63, 3.8) is 0 Å². The third-order valence-corrected chi connectivity index (χ3v) is 5.69. The number of piperidine rings is 1. The van der Waals surface area contributed by atoms with E-state index in [1.54, 1.807) is 12.4 Å². The van der Waals surface area contributed by atoms with Crippen LogP contribution in [0.1, 0.15) is 56.2 Å². The van der Waals surface area contributed by atoms with Crippen LogP contribution >= 0.6 is 0 Å². The summed E-state index contributed by atoms with van der Waals surface area (Å²) < 4.78 is 0. The molecule has 4 rings (SSSR count). The van der Waals surface area contributed by atoms with E-state index < -0.39 is 0 Å². The topological polar surface area (TPSA) is 59.0 Å². The molecule has 144 valence electrons. The number of likely N-dealkylation sites (tertiary alicyclic amines) is 1. The number of hydrogen-bond donors (Lipinski definition) is 0. The predicted molar refractivity (Wildman–Crippen MR) is 111 cm³/mol. The summed E-state index contributed by atoms with van der Waals surface area (Å²) in [6.07, 6.45) is 7.67. The molecular formula is C23H26N4O. The Morgan fingerprint density at radius 2 is 1.79 bits per heavy atom. The van der Waals surface area contributed by atoms with Crippen LogP contribution in [0.4, 0.5) is 0 Å². The van der Waals surface area contributed by atoms with Crippen LogP contribution in [0.2, 0.25) is 0 Å². The quantitative estimate of drug-likeness (QED) is 0.669. The van der Waals surface area contributed by atoms with Crippen molar-refractivity contribution in [3.8, 4) is 11.3 Å². The summed E-state index contributed by atoms with van der Waals surface area (Å²) in [5.41, 5.74) is 3.10. The van der Waals surface area contributed by atoms with Gasteiger partial charge in [0.05, 0.1) is 16.8 Å². The van der Waals surface area contributed by atoms with Gasteiger partial charge in [-0.3, -0.25) is 4.79 Å². The molecule has 3 aromatic rings. The van der Waals surface area contributed by atoms with Gasteiger partial charge in [-0.1, -0.05) is 25.1 Å². The number of rotatable bonds is 3. The van der Waals surface area contributed by atoms with Gasteiger partial charge >= 0.3 is 0 Å². The van der Waals surface area contributed by atoms with Gasteiger partial charge in [0.15, 0.2) is 0 Å². The Kier molecular flexibility index (Phi) is 5.07. The first-order chi connectivity index (χ1) is 13.6. The van der Waals surface area contributed by atoms with Crippen LogP contribution in [0.5, 0.6) is 0 Å². The summed E-state index contributed by atoms with van der Waals surface area (Å²) in [4.78, 5) is 29.2. The smallest absolute Gasteiger partial charge is 0.255 e. The van der Waals surface area contributed by atoms with Gasteiger partial charge in [-0.2, -0.15) is 0 Å². The van der Waals surface area contributed by atoms with Gasteiger partial charge in [0, 0.05) is 41.8 Å². The van der Waals surface area contributed by atoms with E-state index in [9.17, 15) is 4.79 Å². The fourth-order valence-corrected chi connectivity index (χ4v) is 4.13. The molecular weight excluding hydrogens is 348 g/mol. The highest BCUT2D eigenvalue weighted by molar-refractivity contribution is 6.07. The highest BCUT2D eigenvalue weighted by atomic mass is 16.2. The van der Waals surface area contributed by atoms with Crippen LogP contribution in [0.25, 0.3) is 22.2 Å².